The van der Waals surface area contributed by atoms with Crippen LogP contribution < -0.4 is 4.74 Å². The standard InChI is InChI=1S/C19H20N4OS/c1-12(2)23-10-16(9-22-23)15-6-17-19(25-11-21-17)18(7-15)24-13(3)14-4-5-20-8-14/h4-13,20H,1-3H3/t13-/m1/s1. The van der Waals surface area contributed by atoms with Crippen LogP contribution >= 0.6 is 11.3 Å². The van der Waals surface area contributed by atoms with Gasteiger partial charge in [-0.1, -0.05) is 0 Å². The highest BCUT2D eigenvalue weighted by molar-refractivity contribution is 7.17. The largest absolute Gasteiger partial charge is 0.484 e. The molecular weight excluding hydrogens is 332 g/mol. The van der Waals surface area contributed by atoms with E-state index in [2.05, 4.69) is 54.2 Å². The quantitative estimate of drug-likeness (QED) is 0.536. The van der Waals surface area contributed by atoms with Crippen LogP contribution in [0.3, 0.4) is 0 Å². The number of ether oxygens (including phenoxy) is 1. The highest BCUT2D eigenvalue weighted by atomic mass is 32.1. The highest BCUT2D eigenvalue weighted by Crippen LogP contribution is 2.36. The van der Waals surface area contributed by atoms with Crippen LogP contribution in [0.1, 0.15) is 38.5 Å². The zero-order valence-electron chi connectivity index (χ0n) is 14.4. The zero-order valence-corrected chi connectivity index (χ0v) is 15.2. The second-order valence-electron chi connectivity index (χ2n) is 6.38. The Balaban J connectivity index is 1.74. The predicted octanol–water partition coefficient (Wildman–Crippen LogP) is 5.21. The molecule has 25 heavy (non-hydrogen) atoms. The number of nitrogens with one attached hydrogen (secondary N) is 1. The van der Waals surface area contributed by atoms with E-state index >= 15 is 0 Å². The van der Waals surface area contributed by atoms with Gasteiger partial charge in [-0.25, -0.2) is 4.98 Å². The maximum atomic E-state index is 6.27. The van der Waals surface area contributed by atoms with Crippen molar-refractivity contribution in [2.75, 3.05) is 0 Å². The Bertz CT molecular complexity index is 984. The topological polar surface area (TPSA) is 55.7 Å². The van der Waals surface area contributed by atoms with Gasteiger partial charge in [0.2, 0.25) is 0 Å². The predicted molar refractivity (Wildman–Crippen MR) is 101 cm³/mol. The van der Waals surface area contributed by atoms with Crippen molar-refractivity contribution in [3.63, 3.8) is 0 Å². The van der Waals surface area contributed by atoms with Crippen molar-refractivity contribution in [3.8, 4) is 16.9 Å². The SMILES string of the molecule is CC(C)n1cc(-c2cc(O[C@H](C)c3cc[nH]c3)c3scnc3c2)cn1. The smallest absolute Gasteiger partial charge is 0.140 e. The van der Waals surface area contributed by atoms with Gasteiger partial charge >= 0.3 is 0 Å². The lowest BCUT2D eigenvalue weighted by molar-refractivity contribution is 0.230. The molecule has 6 heteroatoms. The Hall–Kier alpha value is -2.60. The minimum Gasteiger partial charge on any atom is -0.484 e. The maximum Gasteiger partial charge on any atom is 0.140 e. The van der Waals surface area contributed by atoms with Gasteiger partial charge in [-0.05, 0) is 44.5 Å². The van der Waals surface area contributed by atoms with E-state index in [1.165, 1.54) is 0 Å². The van der Waals surface area contributed by atoms with Crippen molar-refractivity contribution in [1.82, 2.24) is 19.7 Å². The van der Waals surface area contributed by atoms with Crippen molar-refractivity contribution in [1.29, 1.82) is 0 Å². The molecule has 4 aromatic rings. The lowest BCUT2D eigenvalue weighted by Gasteiger charge is -2.15. The van der Waals surface area contributed by atoms with Crippen LogP contribution in [-0.2, 0) is 0 Å². The summed E-state index contributed by atoms with van der Waals surface area (Å²) < 4.78 is 9.30. The van der Waals surface area contributed by atoms with E-state index in [9.17, 15) is 0 Å². The molecule has 3 aromatic heterocycles. The molecular formula is C19H20N4OS. The average Bonchev–Trinajstić information content (AvgIpc) is 3.34. The first-order chi connectivity index (χ1) is 12.1. The molecule has 0 aliphatic carbocycles. The lowest BCUT2D eigenvalue weighted by Crippen LogP contribution is -2.02. The Morgan fingerprint density at radius 2 is 2.08 bits per heavy atom. The van der Waals surface area contributed by atoms with Gasteiger partial charge in [-0.15, -0.1) is 11.3 Å². The average molecular weight is 352 g/mol. The van der Waals surface area contributed by atoms with Gasteiger partial charge in [-0.3, -0.25) is 4.68 Å². The van der Waals surface area contributed by atoms with Crippen LogP contribution in [0.25, 0.3) is 21.3 Å². The second kappa shape index (κ2) is 6.37. The van der Waals surface area contributed by atoms with Gasteiger partial charge in [0.05, 0.1) is 21.9 Å². The molecule has 0 aliphatic heterocycles. The van der Waals surface area contributed by atoms with Crippen LogP contribution in [0.2, 0.25) is 0 Å². The summed E-state index contributed by atoms with van der Waals surface area (Å²) in [4.78, 5) is 7.56. The summed E-state index contributed by atoms with van der Waals surface area (Å²) in [7, 11) is 0. The van der Waals surface area contributed by atoms with E-state index < -0.39 is 0 Å². The van der Waals surface area contributed by atoms with Gasteiger partial charge < -0.3 is 9.72 Å². The molecule has 0 amide bonds. The molecule has 1 N–H and O–H groups in total. The third-order valence-electron chi connectivity index (χ3n) is 4.26. The molecule has 1 atom stereocenters. The summed E-state index contributed by atoms with van der Waals surface area (Å²) in [6.07, 6.45) is 7.80. The maximum absolute atomic E-state index is 6.27. The number of aromatic nitrogens is 4. The molecule has 0 radical (unpaired) electrons. The fourth-order valence-electron chi connectivity index (χ4n) is 2.81. The first-order valence-corrected chi connectivity index (χ1v) is 9.21. The monoisotopic (exact) mass is 352 g/mol. The van der Waals surface area contributed by atoms with E-state index in [1.807, 2.05) is 34.8 Å². The first-order valence-electron chi connectivity index (χ1n) is 8.33. The molecule has 0 spiro atoms. The van der Waals surface area contributed by atoms with E-state index in [0.29, 0.717) is 6.04 Å². The minimum atomic E-state index is -0.0369. The van der Waals surface area contributed by atoms with E-state index in [1.54, 1.807) is 11.3 Å². The van der Waals surface area contributed by atoms with E-state index in [4.69, 9.17) is 4.74 Å². The molecule has 1 aromatic carbocycles. The number of nitrogens with zero attached hydrogens (tertiary/aromatic N) is 3. The van der Waals surface area contributed by atoms with E-state index in [0.717, 1.165) is 32.7 Å². The van der Waals surface area contributed by atoms with Crippen LogP contribution in [0.4, 0.5) is 0 Å². The first kappa shape index (κ1) is 15.9. The van der Waals surface area contributed by atoms with Gasteiger partial charge in [0.1, 0.15) is 11.9 Å². The molecule has 0 aliphatic rings. The molecule has 0 unspecified atom stereocenters. The second-order valence-corrected chi connectivity index (χ2v) is 7.24. The van der Waals surface area contributed by atoms with Crippen molar-refractivity contribution < 1.29 is 4.74 Å². The summed E-state index contributed by atoms with van der Waals surface area (Å²) in [6.45, 7) is 6.29. The number of benzene rings is 1. The Labute approximate surface area is 150 Å². The van der Waals surface area contributed by atoms with Crippen molar-refractivity contribution in [2.24, 2.45) is 0 Å². The zero-order chi connectivity index (χ0) is 17.4. The lowest BCUT2D eigenvalue weighted by atomic mass is 10.1. The third kappa shape index (κ3) is 3.05. The Morgan fingerprint density at radius 3 is 2.80 bits per heavy atom. The van der Waals surface area contributed by atoms with Crippen molar-refractivity contribution >= 4 is 21.6 Å². The number of fused-ring (bicyclic) bond motifs is 1. The van der Waals surface area contributed by atoms with E-state index in [-0.39, 0.29) is 6.10 Å². The molecule has 3 heterocycles. The van der Waals surface area contributed by atoms with Crippen molar-refractivity contribution in [2.45, 2.75) is 32.9 Å². The van der Waals surface area contributed by atoms with Gasteiger partial charge in [-0.2, -0.15) is 5.10 Å². The highest BCUT2D eigenvalue weighted by Gasteiger charge is 2.15. The van der Waals surface area contributed by atoms with Gasteiger partial charge in [0, 0.05) is 35.8 Å². The summed E-state index contributed by atoms with van der Waals surface area (Å²) >= 11 is 1.60. The molecule has 128 valence electrons. The fourth-order valence-corrected chi connectivity index (χ4v) is 3.54. The van der Waals surface area contributed by atoms with Gasteiger partial charge in [0.25, 0.3) is 0 Å². The van der Waals surface area contributed by atoms with Crippen LogP contribution in [0.15, 0.2) is 48.5 Å². The molecule has 0 saturated carbocycles. The summed E-state index contributed by atoms with van der Waals surface area (Å²) in [5, 5.41) is 4.44. The molecule has 0 saturated heterocycles. The number of rotatable bonds is 5. The number of thiazole rings is 1. The normalized spacial score (nSPS) is 12.8. The van der Waals surface area contributed by atoms with Crippen LogP contribution in [-0.4, -0.2) is 19.7 Å². The minimum absolute atomic E-state index is 0.0369. The Morgan fingerprint density at radius 1 is 1.20 bits per heavy atom. The third-order valence-corrected chi connectivity index (χ3v) is 5.11. The molecule has 4 rings (SSSR count). The molecule has 0 fully saturated rings. The molecule has 0 bridgehead atoms. The Kier molecular flexibility index (Phi) is 4.05. The van der Waals surface area contributed by atoms with Crippen LogP contribution in [0, 0.1) is 0 Å². The summed E-state index contributed by atoms with van der Waals surface area (Å²) in [5.41, 5.74) is 6.08. The molecule has 5 nitrogen and oxygen atoms in total. The summed E-state index contributed by atoms with van der Waals surface area (Å²) in [6, 6.07) is 6.55. The fraction of sp³-hybridized carbons (Fsp3) is 0.263. The number of aromatic amines is 1. The number of hydrogen-bond donors (Lipinski definition) is 1. The van der Waals surface area contributed by atoms with Crippen molar-refractivity contribution in [3.05, 3.63) is 54.1 Å². The van der Waals surface area contributed by atoms with Crippen LogP contribution in [0.5, 0.6) is 5.75 Å². The number of H-pyrrole nitrogens is 1. The summed E-state index contributed by atoms with van der Waals surface area (Å²) in [5.74, 6) is 0.862. The van der Waals surface area contributed by atoms with Gasteiger partial charge in [0.15, 0.2) is 0 Å². The number of hydrogen-bond acceptors (Lipinski definition) is 4.